The Morgan fingerprint density at radius 2 is 2.33 bits per heavy atom. The highest BCUT2D eigenvalue weighted by atomic mass is 32.2. The minimum atomic E-state index is -0.266. The lowest BCUT2D eigenvalue weighted by Crippen LogP contribution is -2.38. The van der Waals surface area contributed by atoms with Gasteiger partial charge in [-0.25, -0.2) is 15.0 Å². The minimum Gasteiger partial charge on any atom is -0.395 e. The van der Waals surface area contributed by atoms with Crippen LogP contribution in [0.3, 0.4) is 0 Å². The van der Waals surface area contributed by atoms with Crippen molar-refractivity contribution in [3.63, 3.8) is 0 Å². The zero-order valence-electron chi connectivity index (χ0n) is 9.91. The molecular formula is C10H15N5O2S. The number of hydrogen-bond donors (Lipinski definition) is 3. The van der Waals surface area contributed by atoms with Gasteiger partial charge in [0.15, 0.2) is 5.65 Å². The summed E-state index contributed by atoms with van der Waals surface area (Å²) in [5.74, 6) is 0. The Morgan fingerprint density at radius 1 is 1.50 bits per heavy atom. The third-order valence-corrected chi connectivity index (χ3v) is 3.80. The molecule has 8 heteroatoms. The largest absolute Gasteiger partial charge is 0.395 e. The predicted octanol–water partition coefficient (Wildman–Crippen LogP) is -0.220. The molecule has 4 N–H and O–H groups in total. The fraction of sp³-hybridized carbons (Fsp3) is 0.500. The maximum atomic E-state index is 9.38. The number of hydrogen-bond acceptors (Lipinski definition) is 7. The Morgan fingerprint density at radius 3 is 3.06 bits per heavy atom. The molecular weight excluding hydrogens is 254 g/mol. The van der Waals surface area contributed by atoms with E-state index in [1.807, 2.05) is 0 Å². The second-order valence-corrected chi connectivity index (χ2v) is 4.97. The van der Waals surface area contributed by atoms with Gasteiger partial charge in [0.2, 0.25) is 0 Å². The number of aliphatic hydroxyl groups excluding tert-OH is 1. The van der Waals surface area contributed by atoms with E-state index in [2.05, 4.69) is 19.9 Å². The first kappa shape index (κ1) is 13.2. The van der Waals surface area contributed by atoms with Crippen molar-refractivity contribution in [2.24, 2.45) is 5.73 Å². The van der Waals surface area contributed by atoms with Crippen LogP contribution in [0, 0.1) is 0 Å². The lowest BCUT2D eigenvalue weighted by molar-refractivity contribution is 0.167. The van der Waals surface area contributed by atoms with E-state index in [0.717, 1.165) is 10.5 Å². The molecule has 0 radical (unpaired) electrons. The van der Waals surface area contributed by atoms with E-state index < -0.39 is 0 Å². The lowest BCUT2D eigenvalue weighted by atomic mass is 10.2. The first-order valence-electron chi connectivity index (χ1n) is 5.42. The molecule has 0 aromatic carbocycles. The first-order chi connectivity index (χ1) is 8.76. The third-order valence-electron chi connectivity index (χ3n) is 2.47. The number of nitrogens with one attached hydrogen (secondary N) is 1. The van der Waals surface area contributed by atoms with Crippen LogP contribution in [-0.4, -0.2) is 56.7 Å². The molecule has 0 amide bonds. The molecule has 2 aromatic rings. The molecule has 0 bridgehead atoms. The number of ether oxygens (including phenoxy) is 1. The van der Waals surface area contributed by atoms with Gasteiger partial charge in [-0.2, -0.15) is 0 Å². The summed E-state index contributed by atoms with van der Waals surface area (Å²) < 4.78 is 4.99. The molecule has 18 heavy (non-hydrogen) atoms. The van der Waals surface area contributed by atoms with Crippen molar-refractivity contribution in [1.82, 2.24) is 19.9 Å². The van der Waals surface area contributed by atoms with Gasteiger partial charge in [0.05, 0.1) is 24.8 Å². The molecule has 0 spiro atoms. The summed E-state index contributed by atoms with van der Waals surface area (Å²) in [7, 11) is 1.58. The second kappa shape index (κ2) is 6.10. The molecule has 0 aliphatic rings. The van der Waals surface area contributed by atoms with Crippen molar-refractivity contribution in [3.8, 4) is 0 Å². The molecule has 0 saturated carbocycles. The topological polar surface area (TPSA) is 110 Å². The van der Waals surface area contributed by atoms with Gasteiger partial charge < -0.3 is 20.6 Å². The molecule has 98 valence electrons. The van der Waals surface area contributed by atoms with E-state index in [1.165, 1.54) is 18.1 Å². The minimum absolute atomic E-state index is 0.0468. The van der Waals surface area contributed by atoms with Crippen LogP contribution in [0.15, 0.2) is 17.7 Å². The molecule has 2 atom stereocenters. The number of methoxy groups -OCH3 is 1. The van der Waals surface area contributed by atoms with Gasteiger partial charge in [0.1, 0.15) is 16.9 Å². The number of aromatic amines is 1. The highest BCUT2D eigenvalue weighted by Crippen LogP contribution is 2.27. The zero-order valence-corrected chi connectivity index (χ0v) is 10.7. The molecule has 2 rings (SSSR count). The molecule has 0 aliphatic carbocycles. The lowest BCUT2D eigenvalue weighted by Gasteiger charge is -2.20. The Labute approximate surface area is 108 Å². The number of nitrogens with zero attached hydrogens (tertiary/aromatic N) is 3. The maximum absolute atomic E-state index is 9.38. The van der Waals surface area contributed by atoms with Crippen molar-refractivity contribution in [2.75, 3.05) is 20.3 Å². The van der Waals surface area contributed by atoms with E-state index >= 15 is 0 Å². The number of aliphatic hydroxyl groups is 1. The van der Waals surface area contributed by atoms with E-state index in [9.17, 15) is 5.11 Å². The Balaban J connectivity index is 2.18. The SMILES string of the molecule is COCC(N)C(CO)Sc1ncnc2nc[nH]c12. The number of imidazole rings is 1. The fourth-order valence-corrected chi connectivity index (χ4v) is 2.53. The van der Waals surface area contributed by atoms with Crippen LogP contribution in [-0.2, 0) is 4.74 Å². The van der Waals surface area contributed by atoms with E-state index in [1.54, 1.807) is 13.4 Å². The first-order valence-corrected chi connectivity index (χ1v) is 6.30. The van der Waals surface area contributed by atoms with Crippen LogP contribution >= 0.6 is 11.8 Å². The van der Waals surface area contributed by atoms with Gasteiger partial charge in [0, 0.05) is 13.2 Å². The second-order valence-electron chi connectivity index (χ2n) is 3.74. The van der Waals surface area contributed by atoms with Crippen LogP contribution in [0.4, 0.5) is 0 Å². The van der Waals surface area contributed by atoms with Gasteiger partial charge >= 0.3 is 0 Å². The van der Waals surface area contributed by atoms with Crippen molar-refractivity contribution >= 4 is 22.9 Å². The van der Waals surface area contributed by atoms with Crippen LogP contribution in [0.2, 0.25) is 0 Å². The van der Waals surface area contributed by atoms with Crippen molar-refractivity contribution in [1.29, 1.82) is 0 Å². The fourth-order valence-electron chi connectivity index (χ4n) is 1.54. The maximum Gasteiger partial charge on any atom is 0.181 e. The molecule has 7 nitrogen and oxygen atoms in total. The van der Waals surface area contributed by atoms with Gasteiger partial charge in [0.25, 0.3) is 0 Å². The number of rotatable bonds is 6. The number of thioether (sulfide) groups is 1. The predicted molar refractivity (Wildman–Crippen MR) is 68.3 cm³/mol. The molecule has 0 fully saturated rings. The highest BCUT2D eigenvalue weighted by Gasteiger charge is 2.20. The summed E-state index contributed by atoms with van der Waals surface area (Å²) >= 11 is 1.39. The summed E-state index contributed by atoms with van der Waals surface area (Å²) in [4.78, 5) is 15.2. The van der Waals surface area contributed by atoms with Gasteiger partial charge in [-0.15, -0.1) is 0 Å². The smallest absolute Gasteiger partial charge is 0.181 e. The standard InChI is InChI=1S/C10H15N5O2S/c1-17-3-6(11)7(2-16)18-10-8-9(13-4-12-8)14-5-15-10/h4-7,16H,2-3,11H2,1H3,(H,12,13,14,15). The quantitative estimate of drug-likeness (QED) is 0.491. The van der Waals surface area contributed by atoms with E-state index in [-0.39, 0.29) is 17.9 Å². The average molecular weight is 269 g/mol. The normalized spacial score (nSPS) is 14.8. The molecule has 2 aromatic heterocycles. The van der Waals surface area contributed by atoms with E-state index in [4.69, 9.17) is 10.5 Å². The third kappa shape index (κ3) is 2.78. The monoisotopic (exact) mass is 269 g/mol. The van der Waals surface area contributed by atoms with Crippen molar-refractivity contribution in [2.45, 2.75) is 16.3 Å². The Kier molecular flexibility index (Phi) is 4.48. The number of nitrogens with two attached hydrogens (primary N) is 1. The molecule has 0 saturated heterocycles. The van der Waals surface area contributed by atoms with Gasteiger partial charge in [-0.1, -0.05) is 11.8 Å². The zero-order chi connectivity index (χ0) is 13.0. The number of aromatic nitrogens is 4. The Bertz CT molecular complexity index is 506. The molecule has 2 heterocycles. The Hall–Kier alpha value is -1.22. The van der Waals surface area contributed by atoms with E-state index in [0.29, 0.717) is 12.3 Å². The van der Waals surface area contributed by atoms with Crippen LogP contribution in [0.25, 0.3) is 11.2 Å². The summed E-state index contributed by atoms with van der Waals surface area (Å²) in [6.45, 7) is 0.338. The van der Waals surface area contributed by atoms with Crippen LogP contribution in [0.1, 0.15) is 0 Å². The summed E-state index contributed by atoms with van der Waals surface area (Å²) in [6.07, 6.45) is 3.01. The van der Waals surface area contributed by atoms with Crippen LogP contribution < -0.4 is 5.73 Å². The van der Waals surface area contributed by atoms with Gasteiger partial charge in [-0.05, 0) is 0 Å². The summed E-state index contributed by atoms with van der Waals surface area (Å²) in [5, 5.41) is 9.92. The number of fused-ring (bicyclic) bond motifs is 1. The van der Waals surface area contributed by atoms with Gasteiger partial charge in [-0.3, -0.25) is 0 Å². The van der Waals surface area contributed by atoms with Crippen molar-refractivity contribution < 1.29 is 9.84 Å². The van der Waals surface area contributed by atoms with Crippen molar-refractivity contribution in [3.05, 3.63) is 12.7 Å². The molecule has 0 aliphatic heterocycles. The highest BCUT2D eigenvalue weighted by molar-refractivity contribution is 8.00. The average Bonchev–Trinajstić information content (AvgIpc) is 2.85. The van der Waals surface area contributed by atoms with Crippen LogP contribution in [0.5, 0.6) is 0 Å². The summed E-state index contributed by atoms with van der Waals surface area (Å²) in [5.41, 5.74) is 7.29. The number of H-pyrrole nitrogens is 1. The molecule has 2 unspecified atom stereocenters. The summed E-state index contributed by atoms with van der Waals surface area (Å²) in [6, 6.07) is -0.266.